The highest BCUT2D eigenvalue weighted by molar-refractivity contribution is 5.29. The Labute approximate surface area is 119 Å². The summed E-state index contributed by atoms with van der Waals surface area (Å²) in [6.07, 6.45) is 2.59. The lowest BCUT2D eigenvalue weighted by Crippen LogP contribution is -2.59. The van der Waals surface area contributed by atoms with Crippen molar-refractivity contribution in [2.45, 2.75) is 48.9 Å². The van der Waals surface area contributed by atoms with E-state index in [0.29, 0.717) is 47.9 Å². The highest BCUT2D eigenvalue weighted by Crippen LogP contribution is 2.70. The number of ether oxygens (including phenoxy) is 3. The zero-order chi connectivity index (χ0) is 13.2. The number of epoxide rings is 1. The monoisotopic (exact) mass is 278 g/mol. The summed E-state index contributed by atoms with van der Waals surface area (Å²) in [5.74, 6) is 0.785. The summed E-state index contributed by atoms with van der Waals surface area (Å²) < 4.78 is 18.2. The van der Waals surface area contributed by atoms with E-state index in [1.165, 1.54) is 6.42 Å². The molecule has 5 nitrogen and oxygen atoms in total. The van der Waals surface area contributed by atoms with E-state index in [2.05, 4.69) is 23.9 Å². The fourth-order valence-corrected chi connectivity index (χ4v) is 6.19. The normalized spacial score (nSPS) is 66.9. The van der Waals surface area contributed by atoms with Crippen LogP contribution in [0.4, 0.5) is 0 Å². The van der Waals surface area contributed by atoms with Gasteiger partial charge in [-0.3, -0.25) is 9.80 Å². The number of piperidine rings is 1. The van der Waals surface area contributed by atoms with Gasteiger partial charge in [-0.2, -0.15) is 0 Å². The molecule has 4 bridgehead atoms. The first kappa shape index (κ1) is 11.4. The van der Waals surface area contributed by atoms with E-state index in [1.807, 2.05) is 0 Å². The summed E-state index contributed by atoms with van der Waals surface area (Å²) in [6, 6.07) is 2.16. The Bertz CT molecular complexity index is 488. The van der Waals surface area contributed by atoms with Gasteiger partial charge in [0.05, 0.1) is 38.0 Å². The Morgan fingerprint density at radius 3 is 2.75 bits per heavy atom. The highest BCUT2D eigenvalue weighted by atomic mass is 16.6. The van der Waals surface area contributed by atoms with Crippen LogP contribution in [0.5, 0.6) is 0 Å². The molecule has 110 valence electrons. The van der Waals surface area contributed by atoms with Gasteiger partial charge in [0.2, 0.25) is 0 Å². The van der Waals surface area contributed by atoms with E-state index in [4.69, 9.17) is 14.2 Å². The Kier molecular flexibility index (Phi) is 1.85. The average Bonchev–Trinajstić information content (AvgIpc) is 3.29. The molecule has 5 heterocycles. The number of rotatable bonds is 1. The number of morpholine rings is 3. The Balaban J connectivity index is 1.40. The average molecular weight is 278 g/mol. The molecule has 5 aliphatic heterocycles. The number of fused-ring (bicyclic) bond motifs is 10. The minimum Gasteiger partial charge on any atom is -0.378 e. The van der Waals surface area contributed by atoms with E-state index in [-0.39, 0.29) is 0 Å². The molecule has 6 aliphatic rings. The van der Waals surface area contributed by atoms with E-state index in [0.717, 1.165) is 25.7 Å². The zero-order valence-electron chi connectivity index (χ0n) is 12.1. The van der Waals surface area contributed by atoms with Gasteiger partial charge in [-0.15, -0.1) is 0 Å². The molecule has 5 heteroatoms. The summed E-state index contributed by atoms with van der Waals surface area (Å²) in [5, 5.41) is 0. The summed E-state index contributed by atoms with van der Waals surface area (Å²) in [6.45, 7) is 2.66. The molecular weight excluding hydrogens is 256 g/mol. The number of hydrogen-bond acceptors (Lipinski definition) is 5. The van der Waals surface area contributed by atoms with Crippen LogP contribution in [0.1, 0.15) is 6.42 Å². The predicted molar refractivity (Wildman–Crippen MR) is 70.4 cm³/mol. The minimum absolute atomic E-state index is 0.348. The quantitative estimate of drug-likeness (QED) is 0.608. The van der Waals surface area contributed by atoms with Gasteiger partial charge in [-0.05, 0) is 26.4 Å². The molecule has 9 unspecified atom stereocenters. The van der Waals surface area contributed by atoms with Gasteiger partial charge in [0.15, 0.2) is 0 Å². The van der Waals surface area contributed by atoms with Crippen molar-refractivity contribution in [3.05, 3.63) is 0 Å². The van der Waals surface area contributed by atoms with Gasteiger partial charge in [-0.1, -0.05) is 0 Å². The van der Waals surface area contributed by atoms with Crippen LogP contribution in [0, 0.1) is 11.3 Å². The van der Waals surface area contributed by atoms with Crippen molar-refractivity contribution in [3.63, 3.8) is 0 Å². The van der Waals surface area contributed by atoms with Crippen molar-refractivity contribution in [2.75, 3.05) is 33.9 Å². The molecule has 6 fully saturated rings. The Hall–Kier alpha value is -0.200. The van der Waals surface area contributed by atoms with Crippen LogP contribution >= 0.6 is 0 Å². The molecule has 1 aliphatic carbocycles. The van der Waals surface area contributed by atoms with E-state index >= 15 is 0 Å². The largest absolute Gasteiger partial charge is 0.378 e. The van der Waals surface area contributed by atoms with Crippen molar-refractivity contribution in [2.24, 2.45) is 11.3 Å². The third-order valence-corrected chi connectivity index (χ3v) is 7.32. The van der Waals surface area contributed by atoms with E-state index in [1.54, 1.807) is 0 Å². The fourth-order valence-electron chi connectivity index (χ4n) is 6.19. The van der Waals surface area contributed by atoms with Crippen LogP contribution in [0.3, 0.4) is 0 Å². The lowest BCUT2D eigenvalue weighted by atomic mass is 9.84. The molecule has 0 aromatic carbocycles. The first-order valence-corrected chi connectivity index (χ1v) is 8.02. The minimum atomic E-state index is 0.348. The molecule has 0 aromatic heterocycles. The lowest BCUT2D eigenvalue weighted by molar-refractivity contribution is -0.142. The second-order valence-corrected chi connectivity index (χ2v) is 7.75. The summed E-state index contributed by atoms with van der Waals surface area (Å²) >= 11 is 0. The summed E-state index contributed by atoms with van der Waals surface area (Å²) in [7, 11) is 4.56. The summed E-state index contributed by atoms with van der Waals surface area (Å²) in [4.78, 5) is 5.13. The second-order valence-electron chi connectivity index (χ2n) is 7.75. The van der Waals surface area contributed by atoms with Crippen molar-refractivity contribution in [1.82, 2.24) is 9.80 Å². The van der Waals surface area contributed by atoms with Gasteiger partial charge >= 0.3 is 0 Å². The molecule has 9 atom stereocenters. The van der Waals surface area contributed by atoms with Crippen LogP contribution in [-0.4, -0.2) is 86.2 Å². The molecule has 20 heavy (non-hydrogen) atoms. The van der Waals surface area contributed by atoms with Crippen LogP contribution < -0.4 is 0 Å². The van der Waals surface area contributed by atoms with Crippen LogP contribution in [-0.2, 0) is 14.2 Å². The molecule has 0 radical (unpaired) electrons. The molecule has 6 rings (SSSR count). The first-order chi connectivity index (χ1) is 9.73. The second kappa shape index (κ2) is 3.25. The maximum absolute atomic E-state index is 6.42. The van der Waals surface area contributed by atoms with Crippen LogP contribution in [0.15, 0.2) is 0 Å². The molecule has 1 saturated carbocycles. The highest BCUT2D eigenvalue weighted by Gasteiger charge is 2.78. The van der Waals surface area contributed by atoms with Crippen molar-refractivity contribution in [1.29, 1.82) is 0 Å². The molecule has 5 saturated heterocycles. The van der Waals surface area contributed by atoms with Crippen molar-refractivity contribution >= 4 is 0 Å². The Morgan fingerprint density at radius 2 is 1.90 bits per heavy atom. The van der Waals surface area contributed by atoms with Gasteiger partial charge in [0, 0.05) is 17.5 Å². The molecule has 0 spiro atoms. The SMILES string of the molecule is CN1C2COC(C34CC3C3COCC4N3C)C1C1OC12. The first-order valence-electron chi connectivity index (χ1n) is 8.02. The molecule has 0 aromatic rings. The van der Waals surface area contributed by atoms with Crippen LogP contribution in [0.2, 0.25) is 0 Å². The zero-order valence-corrected chi connectivity index (χ0v) is 12.1. The van der Waals surface area contributed by atoms with Gasteiger partial charge < -0.3 is 14.2 Å². The third kappa shape index (κ3) is 1.03. The molecule has 0 amide bonds. The topological polar surface area (TPSA) is 37.5 Å². The molecule has 0 N–H and O–H groups in total. The standard InChI is InChI=1S/C15H22N2O3/c1-16-8-4-18-6-10(16)15(3-7(8)15)14-11-13-12(20-13)9(5-19-14)17(11)2/h7-14H,3-6H2,1-2H3. The van der Waals surface area contributed by atoms with Crippen molar-refractivity contribution < 1.29 is 14.2 Å². The smallest absolute Gasteiger partial charge is 0.104 e. The number of hydrogen-bond donors (Lipinski definition) is 0. The maximum Gasteiger partial charge on any atom is 0.104 e. The lowest BCUT2D eigenvalue weighted by Gasteiger charge is -2.46. The number of likely N-dealkylation sites (N-methyl/N-ethyl adjacent to an activating group) is 2. The van der Waals surface area contributed by atoms with Gasteiger partial charge in [-0.25, -0.2) is 0 Å². The van der Waals surface area contributed by atoms with E-state index < -0.39 is 0 Å². The van der Waals surface area contributed by atoms with Crippen molar-refractivity contribution in [3.8, 4) is 0 Å². The maximum atomic E-state index is 6.42. The predicted octanol–water partition coefficient (Wildman–Crippen LogP) is -0.446. The summed E-state index contributed by atoms with van der Waals surface area (Å²) in [5.41, 5.74) is 0.348. The van der Waals surface area contributed by atoms with Gasteiger partial charge in [0.25, 0.3) is 0 Å². The van der Waals surface area contributed by atoms with Crippen LogP contribution in [0.25, 0.3) is 0 Å². The molecular formula is C15H22N2O3. The van der Waals surface area contributed by atoms with E-state index in [9.17, 15) is 0 Å². The number of nitrogens with zero attached hydrogens (tertiary/aromatic N) is 2. The third-order valence-electron chi connectivity index (χ3n) is 7.32. The Morgan fingerprint density at radius 1 is 1.00 bits per heavy atom. The van der Waals surface area contributed by atoms with Gasteiger partial charge in [0.1, 0.15) is 12.2 Å². The fraction of sp³-hybridized carbons (Fsp3) is 1.00.